The number of hydrogen-bond donors (Lipinski definition) is 2. The number of piperazine rings is 1. The summed E-state index contributed by atoms with van der Waals surface area (Å²) >= 11 is 0. The van der Waals surface area contributed by atoms with Crippen LogP contribution in [0.5, 0.6) is 0 Å². The molecule has 1 rings (SSSR count). The Labute approximate surface area is 99.2 Å². The number of carboxylic acids is 1. The molecule has 1 fully saturated rings. The zero-order valence-corrected chi connectivity index (χ0v) is 9.59. The van der Waals surface area contributed by atoms with Crippen LogP contribution < -0.4 is 5.73 Å². The van der Waals surface area contributed by atoms with Crippen molar-refractivity contribution in [1.82, 2.24) is 9.80 Å². The summed E-state index contributed by atoms with van der Waals surface area (Å²) in [5.74, 6) is -0.952. The molecule has 0 aromatic heterocycles. The third-order valence-electron chi connectivity index (χ3n) is 2.73. The van der Waals surface area contributed by atoms with Gasteiger partial charge in [-0.2, -0.15) is 0 Å². The Morgan fingerprint density at radius 1 is 1.00 bits per heavy atom. The van der Waals surface area contributed by atoms with Crippen LogP contribution in [0.25, 0.3) is 0 Å². The molecule has 0 aromatic carbocycles. The Bertz CT molecular complexity index is 311. The van der Waals surface area contributed by atoms with E-state index in [-0.39, 0.29) is 18.7 Å². The summed E-state index contributed by atoms with van der Waals surface area (Å²) < 4.78 is 0. The van der Waals surface area contributed by atoms with Gasteiger partial charge in [-0.05, 0) is 6.42 Å². The van der Waals surface area contributed by atoms with Gasteiger partial charge in [0, 0.05) is 39.0 Å². The van der Waals surface area contributed by atoms with Crippen LogP contribution in [0.1, 0.15) is 19.3 Å². The molecule has 1 aliphatic heterocycles. The number of urea groups is 1. The van der Waals surface area contributed by atoms with E-state index < -0.39 is 12.0 Å². The summed E-state index contributed by atoms with van der Waals surface area (Å²) in [4.78, 5) is 35.9. The predicted molar refractivity (Wildman–Crippen MR) is 59.2 cm³/mol. The molecular formula is C10H17N3O4. The summed E-state index contributed by atoms with van der Waals surface area (Å²) in [6.07, 6.45) is 0.597. The maximum Gasteiger partial charge on any atom is 0.314 e. The molecule has 0 bridgehead atoms. The minimum atomic E-state index is -0.892. The first-order valence-corrected chi connectivity index (χ1v) is 5.54. The first-order valence-electron chi connectivity index (χ1n) is 5.54. The van der Waals surface area contributed by atoms with Crippen LogP contribution in [0, 0.1) is 0 Å². The lowest BCUT2D eigenvalue weighted by Crippen LogP contribution is -2.52. The molecule has 7 heteroatoms. The minimum Gasteiger partial charge on any atom is -0.481 e. The number of hydrogen-bond acceptors (Lipinski definition) is 3. The van der Waals surface area contributed by atoms with Crippen molar-refractivity contribution >= 4 is 17.9 Å². The minimum absolute atomic E-state index is 0.00694. The molecule has 0 saturated carbocycles. The van der Waals surface area contributed by atoms with Gasteiger partial charge in [-0.25, -0.2) is 4.79 Å². The predicted octanol–water partition coefficient (Wildman–Crippen LogP) is -0.536. The van der Waals surface area contributed by atoms with Gasteiger partial charge in [0.25, 0.3) is 0 Å². The molecule has 0 aromatic rings. The van der Waals surface area contributed by atoms with Crippen molar-refractivity contribution in [1.29, 1.82) is 0 Å². The monoisotopic (exact) mass is 243 g/mol. The van der Waals surface area contributed by atoms with Crippen molar-refractivity contribution in [3.8, 4) is 0 Å². The lowest BCUT2D eigenvalue weighted by atomic mass is 10.2. The topological polar surface area (TPSA) is 104 Å². The number of carbonyl (C=O) groups excluding carboxylic acids is 2. The molecule has 0 spiro atoms. The van der Waals surface area contributed by atoms with E-state index in [0.29, 0.717) is 32.6 Å². The van der Waals surface area contributed by atoms with Crippen LogP contribution in [0.3, 0.4) is 0 Å². The van der Waals surface area contributed by atoms with Gasteiger partial charge in [-0.1, -0.05) is 0 Å². The number of carboxylic acid groups (broad SMARTS) is 1. The van der Waals surface area contributed by atoms with Crippen LogP contribution in [0.4, 0.5) is 4.79 Å². The molecule has 7 nitrogen and oxygen atoms in total. The van der Waals surface area contributed by atoms with Crippen molar-refractivity contribution < 1.29 is 19.5 Å². The molecule has 1 saturated heterocycles. The molecule has 1 heterocycles. The highest BCUT2D eigenvalue weighted by molar-refractivity contribution is 5.77. The van der Waals surface area contributed by atoms with Gasteiger partial charge in [-0.15, -0.1) is 0 Å². The fourth-order valence-electron chi connectivity index (χ4n) is 1.73. The Hall–Kier alpha value is -1.79. The van der Waals surface area contributed by atoms with Crippen LogP contribution in [-0.2, 0) is 9.59 Å². The van der Waals surface area contributed by atoms with Crippen molar-refractivity contribution in [2.45, 2.75) is 19.3 Å². The summed E-state index contributed by atoms with van der Waals surface area (Å²) in [6.45, 7) is 1.82. The number of carbonyl (C=O) groups is 3. The van der Waals surface area contributed by atoms with E-state index in [2.05, 4.69) is 0 Å². The highest BCUT2D eigenvalue weighted by Crippen LogP contribution is 2.06. The Morgan fingerprint density at radius 3 is 2.00 bits per heavy atom. The quantitative estimate of drug-likeness (QED) is 0.692. The number of amides is 3. The van der Waals surface area contributed by atoms with E-state index in [1.54, 1.807) is 4.90 Å². The molecule has 3 N–H and O–H groups in total. The first kappa shape index (κ1) is 13.3. The fourth-order valence-corrected chi connectivity index (χ4v) is 1.73. The van der Waals surface area contributed by atoms with Gasteiger partial charge < -0.3 is 20.6 Å². The molecule has 96 valence electrons. The summed E-state index contributed by atoms with van der Waals surface area (Å²) in [5, 5.41) is 8.45. The number of rotatable bonds is 4. The molecular weight excluding hydrogens is 226 g/mol. The van der Waals surface area contributed by atoms with Gasteiger partial charge in [-0.3, -0.25) is 9.59 Å². The highest BCUT2D eigenvalue weighted by Gasteiger charge is 2.22. The molecule has 1 aliphatic rings. The Kier molecular flexibility index (Phi) is 4.74. The standard InChI is InChI=1S/C10H17N3O4/c11-10(17)13-6-4-12(5-7-13)8(14)2-1-3-9(15)16/h1-7H2,(H2,11,17)(H,15,16). The summed E-state index contributed by atoms with van der Waals surface area (Å²) in [7, 11) is 0. The molecule has 0 atom stereocenters. The summed E-state index contributed by atoms with van der Waals surface area (Å²) in [5.41, 5.74) is 5.12. The number of nitrogens with zero attached hydrogens (tertiary/aromatic N) is 2. The second kappa shape index (κ2) is 6.07. The van der Waals surface area contributed by atoms with Crippen LogP contribution in [0.15, 0.2) is 0 Å². The van der Waals surface area contributed by atoms with E-state index in [1.165, 1.54) is 4.90 Å². The zero-order chi connectivity index (χ0) is 12.8. The maximum absolute atomic E-state index is 11.7. The molecule has 17 heavy (non-hydrogen) atoms. The third kappa shape index (κ3) is 4.29. The largest absolute Gasteiger partial charge is 0.481 e. The van der Waals surface area contributed by atoms with Crippen molar-refractivity contribution in [3.05, 3.63) is 0 Å². The van der Waals surface area contributed by atoms with Gasteiger partial charge in [0.2, 0.25) is 5.91 Å². The third-order valence-corrected chi connectivity index (χ3v) is 2.73. The number of aliphatic carboxylic acids is 1. The van der Waals surface area contributed by atoms with Crippen molar-refractivity contribution in [2.24, 2.45) is 5.73 Å². The molecule has 0 radical (unpaired) electrons. The SMILES string of the molecule is NC(=O)N1CCN(C(=O)CCCC(=O)O)CC1. The highest BCUT2D eigenvalue weighted by atomic mass is 16.4. The Balaban J connectivity index is 2.26. The number of nitrogens with two attached hydrogens (primary N) is 1. The van der Waals surface area contributed by atoms with E-state index >= 15 is 0 Å². The fraction of sp³-hybridized carbons (Fsp3) is 0.700. The Morgan fingerprint density at radius 2 is 1.53 bits per heavy atom. The molecule has 3 amide bonds. The first-order chi connectivity index (χ1) is 8.00. The van der Waals surface area contributed by atoms with Crippen molar-refractivity contribution in [3.63, 3.8) is 0 Å². The number of primary amides is 1. The normalized spacial score (nSPS) is 15.8. The van der Waals surface area contributed by atoms with Gasteiger partial charge >= 0.3 is 12.0 Å². The second-order valence-electron chi connectivity index (χ2n) is 3.95. The average molecular weight is 243 g/mol. The van der Waals surface area contributed by atoms with Gasteiger partial charge in [0.15, 0.2) is 0 Å². The molecule has 0 aliphatic carbocycles. The van der Waals surface area contributed by atoms with Gasteiger partial charge in [0.1, 0.15) is 0 Å². The van der Waals surface area contributed by atoms with E-state index in [9.17, 15) is 14.4 Å². The average Bonchev–Trinajstić information content (AvgIpc) is 2.28. The summed E-state index contributed by atoms with van der Waals surface area (Å²) in [6, 6.07) is -0.469. The molecule has 0 unspecified atom stereocenters. The van der Waals surface area contributed by atoms with Crippen LogP contribution >= 0.6 is 0 Å². The maximum atomic E-state index is 11.7. The van der Waals surface area contributed by atoms with Crippen molar-refractivity contribution in [2.75, 3.05) is 26.2 Å². The lowest BCUT2D eigenvalue weighted by Gasteiger charge is -2.33. The lowest BCUT2D eigenvalue weighted by molar-refractivity contribution is -0.137. The second-order valence-corrected chi connectivity index (χ2v) is 3.95. The van der Waals surface area contributed by atoms with Crippen LogP contribution in [0.2, 0.25) is 0 Å². The van der Waals surface area contributed by atoms with E-state index in [0.717, 1.165) is 0 Å². The smallest absolute Gasteiger partial charge is 0.314 e. The van der Waals surface area contributed by atoms with E-state index in [4.69, 9.17) is 10.8 Å². The van der Waals surface area contributed by atoms with Crippen LogP contribution in [-0.4, -0.2) is 59.0 Å². The zero-order valence-electron chi connectivity index (χ0n) is 9.59. The van der Waals surface area contributed by atoms with Gasteiger partial charge in [0.05, 0.1) is 0 Å². The van der Waals surface area contributed by atoms with E-state index in [1.807, 2.05) is 0 Å².